The average molecular weight is 348 g/mol. The number of piperazine rings is 1. The van der Waals surface area contributed by atoms with Gasteiger partial charge in [-0.1, -0.05) is 24.3 Å². The van der Waals surface area contributed by atoms with Gasteiger partial charge in [0.2, 0.25) is 0 Å². The third-order valence-electron chi connectivity index (χ3n) is 4.71. The molecule has 0 spiro atoms. The van der Waals surface area contributed by atoms with Crippen molar-refractivity contribution in [3.63, 3.8) is 0 Å². The Balaban J connectivity index is 1.38. The van der Waals surface area contributed by atoms with E-state index in [0.29, 0.717) is 31.7 Å². The van der Waals surface area contributed by atoms with Crippen LogP contribution in [0.15, 0.2) is 60.8 Å². The number of carbonyl (C=O) groups is 2. The number of H-pyrrole nitrogens is 1. The third-order valence-corrected chi connectivity index (χ3v) is 4.71. The summed E-state index contributed by atoms with van der Waals surface area (Å²) in [5.74, 6) is 0.0164. The fraction of sp³-hybridized carbons (Fsp3) is 0.200. The number of nitrogens with zero attached hydrogens (tertiary/aromatic N) is 2. The molecule has 2 N–H and O–H groups in total. The smallest absolute Gasteiger partial charge is 0.321 e. The number of benzene rings is 2. The lowest BCUT2D eigenvalue weighted by Crippen LogP contribution is -2.51. The molecule has 2 heterocycles. The Labute approximate surface area is 151 Å². The second-order valence-corrected chi connectivity index (χ2v) is 6.32. The fourth-order valence-corrected chi connectivity index (χ4v) is 3.26. The van der Waals surface area contributed by atoms with Gasteiger partial charge in [0.1, 0.15) is 0 Å². The Morgan fingerprint density at radius 3 is 2.35 bits per heavy atom. The number of hydrogen-bond acceptors (Lipinski definition) is 2. The number of nitrogens with one attached hydrogen (secondary N) is 2. The van der Waals surface area contributed by atoms with Crippen molar-refractivity contribution >= 4 is 28.5 Å². The van der Waals surface area contributed by atoms with Gasteiger partial charge in [-0.05, 0) is 30.3 Å². The molecular weight excluding hydrogens is 328 g/mol. The van der Waals surface area contributed by atoms with Crippen LogP contribution in [0.1, 0.15) is 10.4 Å². The molecule has 0 bridgehead atoms. The molecule has 6 heteroatoms. The topological polar surface area (TPSA) is 68.4 Å². The van der Waals surface area contributed by atoms with Crippen LogP contribution >= 0.6 is 0 Å². The van der Waals surface area contributed by atoms with Crippen molar-refractivity contribution in [3.05, 3.63) is 66.4 Å². The highest BCUT2D eigenvalue weighted by Gasteiger charge is 2.25. The van der Waals surface area contributed by atoms with Crippen LogP contribution in [0.2, 0.25) is 0 Å². The number of fused-ring (bicyclic) bond motifs is 1. The van der Waals surface area contributed by atoms with Crippen LogP contribution < -0.4 is 5.32 Å². The molecule has 3 amide bonds. The lowest BCUT2D eigenvalue weighted by Gasteiger charge is -2.34. The molecule has 1 aromatic heterocycles. The van der Waals surface area contributed by atoms with Crippen LogP contribution in [-0.2, 0) is 0 Å². The molecule has 132 valence electrons. The zero-order valence-corrected chi connectivity index (χ0v) is 14.3. The van der Waals surface area contributed by atoms with Crippen LogP contribution in [0.3, 0.4) is 0 Å². The van der Waals surface area contributed by atoms with E-state index in [1.807, 2.05) is 60.8 Å². The van der Waals surface area contributed by atoms with E-state index >= 15 is 0 Å². The molecule has 1 aliphatic rings. The Hall–Kier alpha value is -3.28. The van der Waals surface area contributed by atoms with Crippen LogP contribution in [-0.4, -0.2) is 52.9 Å². The zero-order chi connectivity index (χ0) is 17.9. The second kappa shape index (κ2) is 6.92. The minimum Gasteiger partial charge on any atom is -0.361 e. The number of anilines is 1. The zero-order valence-electron chi connectivity index (χ0n) is 14.3. The molecule has 0 radical (unpaired) electrons. The van der Waals surface area contributed by atoms with Gasteiger partial charge in [0, 0.05) is 48.8 Å². The summed E-state index contributed by atoms with van der Waals surface area (Å²) in [4.78, 5) is 31.8. The van der Waals surface area contributed by atoms with E-state index in [9.17, 15) is 9.59 Å². The maximum atomic E-state index is 12.6. The molecule has 0 aliphatic carbocycles. The predicted octanol–water partition coefficient (Wildman–Crippen LogP) is 3.16. The first-order valence-electron chi connectivity index (χ1n) is 8.69. The van der Waals surface area contributed by atoms with Crippen molar-refractivity contribution in [3.8, 4) is 0 Å². The largest absolute Gasteiger partial charge is 0.361 e. The minimum atomic E-state index is -0.134. The van der Waals surface area contributed by atoms with Gasteiger partial charge in [-0.3, -0.25) is 4.79 Å². The first-order valence-corrected chi connectivity index (χ1v) is 8.69. The van der Waals surface area contributed by atoms with E-state index in [1.165, 1.54) is 0 Å². The molecule has 1 saturated heterocycles. The number of amides is 3. The van der Waals surface area contributed by atoms with Gasteiger partial charge in [0.15, 0.2) is 0 Å². The summed E-state index contributed by atoms with van der Waals surface area (Å²) >= 11 is 0. The molecule has 26 heavy (non-hydrogen) atoms. The van der Waals surface area contributed by atoms with Gasteiger partial charge < -0.3 is 20.1 Å². The van der Waals surface area contributed by atoms with Gasteiger partial charge in [-0.2, -0.15) is 0 Å². The maximum absolute atomic E-state index is 12.6. The van der Waals surface area contributed by atoms with Gasteiger partial charge in [0.25, 0.3) is 5.91 Å². The number of aromatic nitrogens is 1. The van der Waals surface area contributed by atoms with Gasteiger partial charge in [-0.15, -0.1) is 0 Å². The molecule has 0 atom stereocenters. The molecule has 1 fully saturated rings. The highest BCUT2D eigenvalue weighted by molar-refractivity contribution is 6.00. The van der Waals surface area contributed by atoms with Crippen molar-refractivity contribution in [2.24, 2.45) is 0 Å². The number of carbonyl (C=O) groups excluding carboxylic acids is 2. The second-order valence-electron chi connectivity index (χ2n) is 6.32. The van der Waals surface area contributed by atoms with E-state index in [1.54, 1.807) is 9.80 Å². The number of aromatic amines is 1. The summed E-state index contributed by atoms with van der Waals surface area (Å²) in [6.45, 7) is 2.12. The van der Waals surface area contributed by atoms with Crippen LogP contribution in [0.5, 0.6) is 0 Å². The Morgan fingerprint density at radius 2 is 1.58 bits per heavy atom. The van der Waals surface area contributed by atoms with E-state index in [0.717, 1.165) is 16.6 Å². The third kappa shape index (κ3) is 3.13. The predicted molar refractivity (Wildman–Crippen MR) is 101 cm³/mol. The van der Waals surface area contributed by atoms with Crippen molar-refractivity contribution in [2.75, 3.05) is 31.5 Å². The number of urea groups is 1. The summed E-state index contributed by atoms with van der Waals surface area (Å²) in [6, 6.07) is 16.8. The monoisotopic (exact) mass is 348 g/mol. The Morgan fingerprint density at radius 1 is 0.846 bits per heavy atom. The summed E-state index contributed by atoms with van der Waals surface area (Å²) in [5.41, 5.74) is 2.46. The Bertz CT molecular complexity index is 927. The number of rotatable bonds is 2. The highest BCUT2D eigenvalue weighted by Crippen LogP contribution is 2.22. The molecule has 3 aromatic rings. The lowest BCUT2D eigenvalue weighted by atomic mass is 10.2. The molecule has 0 saturated carbocycles. The fourth-order valence-electron chi connectivity index (χ4n) is 3.26. The van der Waals surface area contributed by atoms with Gasteiger partial charge >= 0.3 is 6.03 Å². The molecule has 6 nitrogen and oxygen atoms in total. The lowest BCUT2D eigenvalue weighted by molar-refractivity contribution is 0.0671. The quantitative estimate of drug-likeness (QED) is 0.747. The molecule has 2 aromatic carbocycles. The minimum absolute atomic E-state index is 0.0164. The van der Waals surface area contributed by atoms with Gasteiger partial charge in [-0.25, -0.2) is 4.79 Å². The Kier molecular flexibility index (Phi) is 4.31. The molecular formula is C20H20N4O2. The molecule has 1 aliphatic heterocycles. The summed E-state index contributed by atoms with van der Waals surface area (Å²) in [5, 5.41) is 3.96. The first kappa shape index (κ1) is 16.2. The first-order chi connectivity index (χ1) is 12.7. The normalized spacial score (nSPS) is 14.5. The molecule has 0 unspecified atom stereocenters. The van der Waals surface area contributed by atoms with E-state index in [4.69, 9.17) is 0 Å². The van der Waals surface area contributed by atoms with Crippen LogP contribution in [0.4, 0.5) is 10.5 Å². The van der Waals surface area contributed by atoms with E-state index in [-0.39, 0.29) is 11.9 Å². The number of hydrogen-bond donors (Lipinski definition) is 2. The van der Waals surface area contributed by atoms with Gasteiger partial charge in [0.05, 0.1) is 5.69 Å². The van der Waals surface area contributed by atoms with Crippen molar-refractivity contribution in [1.29, 1.82) is 0 Å². The maximum Gasteiger partial charge on any atom is 0.321 e. The van der Waals surface area contributed by atoms with Crippen LogP contribution in [0, 0.1) is 0 Å². The molecule has 4 rings (SSSR count). The van der Waals surface area contributed by atoms with Crippen LogP contribution in [0.25, 0.3) is 10.9 Å². The summed E-state index contributed by atoms with van der Waals surface area (Å²) in [7, 11) is 0. The van der Waals surface area contributed by atoms with E-state index in [2.05, 4.69) is 10.3 Å². The SMILES string of the molecule is O=C(Nc1cccc2[nH]ccc12)N1CCN(C(=O)c2ccccc2)CC1. The standard InChI is InChI=1S/C20H20N4O2/c25-19(15-5-2-1-3-6-15)23-11-13-24(14-12-23)20(26)22-18-8-4-7-17-16(18)9-10-21-17/h1-10,21H,11-14H2,(H,22,26). The van der Waals surface area contributed by atoms with Crippen molar-refractivity contribution in [1.82, 2.24) is 14.8 Å². The highest BCUT2D eigenvalue weighted by atomic mass is 16.2. The average Bonchev–Trinajstić information content (AvgIpc) is 3.18. The van der Waals surface area contributed by atoms with E-state index < -0.39 is 0 Å². The van der Waals surface area contributed by atoms with Crippen molar-refractivity contribution in [2.45, 2.75) is 0 Å². The summed E-state index contributed by atoms with van der Waals surface area (Å²) in [6.07, 6.45) is 1.86. The summed E-state index contributed by atoms with van der Waals surface area (Å²) < 4.78 is 0. The van der Waals surface area contributed by atoms with Crippen molar-refractivity contribution < 1.29 is 9.59 Å².